The highest BCUT2D eigenvalue weighted by atomic mass is 16.5. The number of β-amino-alcohol motifs (C(OH)–C–C–N with tert-alkyl or cyclic N) is 1. The summed E-state index contributed by atoms with van der Waals surface area (Å²) in [6.07, 6.45) is 3.63. The van der Waals surface area contributed by atoms with E-state index in [0.717, 1.165) is 18.8 Å². The Kier molecular flexibility index (Phi) is 3.27. The fourth-order valence-corrected chi connectivity index (χ4v) is 2.34. The van der Waals surface area contributed by atoms with E-state index in [1.165, 1.54) is 6.20 Å². The van der Waals surface area contributed by atoms with Crippen LogP contribution in [-0.2, 0) is 4.74 Å². The summed E-state index contributed by atoms with van der Waals surface area (Å²) in [5.74, 6) is 0.314. The van der Waals surface area contributed by atoms with Crippen molar-refractivity contribution >= 4 is 17.4 Å². The van der Waals surface area contributed by atoms with Gasteiger partial charge in [-0.2, -0.15) is 5.10 Å². The van der Waals surface area contributed by atoms with Crippen molar-refractivity contribution in [3.8, 4) is 0 Å². The Hall–Kier alpha value is -2.15. The van der Waals surface area contributed by atoms with E-state index in [2.05, 4.69) is 10.1 Å². The lowest BCUT2D eigenvalue weighted by atomic mass is 10.3. The fourth-order valence-electron chi connectivity index (χ4n) is 2.34. The highest BCUT2D eigenvalue weighted by Gasteiger charge is 2.23. The van der Waals surface area contributed by atoms with Crippen molar-refractivity contribution in [1.82, 2.24) is 14.6 Å². The zero-order valence-corrected chi connectivity index (χ0v) is 11.2. The number of aromatic nitrogens is 3. The van der Waals surface area contributed by atoms with Crippen LogP contribution in [0, 0.1) is 0 Å². The number of aliphatic hydroxyl groups excluding tert-OH is 1. The summed E-state index contributed by atoms with van der Waals surface area (Å²) in [5, 5.41) is 13.7. The lowest BCUT2D eigenvalue weighted by Gasteiger charge is -2.16. The molecule has 0 spiro atoms. The summed E-state index contributed by atoms with van der Waals surface area (Å²) in [4.78, 5) is 18.3. The van der Waals surface area contributed by atoms with Gasteiger partial charge in [0.15, 0.2) is 5.65 Å². The Morgan fingerprint density at radius 1 is 1.60 bits per heavy atom. The molecule has 106 valence electrons. The molecule has 0 unspecified atom stereocenters. The normalized spacial score (nSPS) is 18.7. The first kappa shape index (κ1) is 12.9. The van der Waals surface area contributed by atoms with Crippen molar-refractivity contribution in [3.63, 3.8) is 0 Å². The third kappa shape index (κ3) is 2.20. The Bertz CT molecular complexity index is 640. The molecule has 1 N–H and O–H groups in total. The van der Waals surface area contributed by atoms with Crippen LogP contribution in [0.1, 0.15) is 23.7 Å². The van der Waals surface area contributed by atoms with Crippen molar-refractivity contribution in [2.45, 2.75) is 19.4 Å². The maximum Gasteiger partial charge on any atom is 0.343 e. The second kappa shape index (κ2) is 5.09. The molecule has 1 fully saturated rings. The van der Waals surface area contributed by atoms with E-state index in [0.29, 0.717) is 24.4 Å². The molecule has 1 aliphatic rings. The molecule has 3 rings (SSSR count). The molecule has 0 aromatic carbocycles. The molecule has 0 saturated carbocycles. The molecule has 20 heavy (non-hydrogen) atoms. The highest BCUT2D eigenvalue weighted by molar-refractivity contribution is 5.95. The topological polar surface area (TPSA) is 80.0 Å². The van der Waals surface area contributed by atoms with Crippen LogP contribution < -0.4 is 4.90 Å². The maximum atomic E-state index is 11.8. The van der Waals surface area contributed by atoms with Gasteiger partial charge in [-0.25, -0.2) is 14.3 Å². The van der Waals surface area contributed by atoms with Gasteiger partial charge in [-0.05, 0) is 19.4 Å². The van der Waals surface area contributed by atoms with Gasteiger partial charge in [0.1, 0.15) is 11.4 Å². The minimum Gasteiger partial charge on any atom is -0.462 e. The average molecular weight is 276 g/mol. The molecule has 2 aromatic heterocycles. The standard InChI is InChI=1S/C13H16N4O3/c1-2-20-13(19)10-7-14-17-6-4-11(15-12(10)17)16-5-3-9(18)8-16/h4,6-7,9,18H,2-3,5,8H2,1H3/t9-/m0/s1. The molecule has 0 radical (unpaired) electrons. The monoisotopic (exact) mass is 276 g/mol. The number of hydrogen-bond acceptors (Lipinski definition) is 6. The lowest BCUT2D eigenvalue weighted by Crippen LogP contribution is -2.22. The number of aliphatic hydroxyl groups is 1. The fraction of sp³-hybridized carbons (Fsp3) is 0.462. The van der Waals surface area contributed by atoms with Crippen LogP contribution in [0.3, 0.4) is 0 Å². The zero-order valence-electron chi connectivity index (χ0n) is 11.2. The summed E-state index contributed by atoms with van der Waals surface area (Å²) < 4.78 is 6.53. The Morgan fingerprint density at radius 3 is 3.15 bits per heavy atom. The SMILES string of the molecule is CCOC(=O)c1cnn2ccc(N3CC[C@H](O)C3)nc12. The first-order valence-electron chi connectivity index (χ1n) is 6.63. The van der Waals surface area contributed by atoms with Crippen LogP contribution in [0.25, 0.3) is 5.65 Å². The third-order valence-electron chi connectivity index (χ3n) is 3.34. The van der Waals surface area contributed by atoms with Gasteiger partial charge in [0, 0.05) is 19.3 Å². The van der Waals surface area contributed by atoms with E-state index in [-0.39, 0.29) is 6.10 Å². The van der Waals surface area contributed by atoms with Gasteiger partial charge < -0.3 is 14.7 Å². The van der Waals surface area contributed by atoms with E-state index >= 15 is 0 Å². The summed E-state index contributed by atoms with van der Waals surface area (Å²) in [5.41, 5.74) is 0.829. The summed E-state index contributed by atoms with van der Waals surface area (Å²) >= 11 is 0. The first-order valence-corrected chi connectivity index (χ1v) is 6.63. The maximum absolute atomic E-state index is 11.8. The van der Waals surface area contributed by atoms with Crippen LogP contribution in [0.15, 0.2) is 18.5 Å². The van der Waals surface area contributed by atoms with Crippen molar-refractivity contribution in [2.75, 3.05) is 24.6 Å². The number of carbonyl (C=O) groups is 1. The molecule has 2 aromatic rings. The molecule has 7 nitrogen and oxygen atoms in total. The number of fused-ring (bicyclic) bond motifs is 1. The number of nitrogens with zero attached hydrogens (tertiary/aromatic N) is 4. The second-order valence-corrected chi connectivity index (χ2v) is 4.72. The number of ether oxygens (including phenoxy) is 1. The molecule has 1 saturated heterocycles. The lowest BCUT2D eigenvalue weighted by molar-refractivity contribution is 0.0528. The third-order valence-corrected chi connectivity index (χ3v) is 3.34. The van der Waals surface area contributed by atoms with Gasteiger partial charge in [-0.1, -0.05) is 0 Å². The van der Waals surface area contributed by atoms with Crippen molar-refractivity contribution in [1.29, 1.82) is 0 Å². The average Bonchev–Trinajstić information content (AvgIpc) is 3.04. The minimum absolute atomic E-state index is 0.314. The van der Waals surface area contributed by atoms with E-state index in [4.69, 9.17) is 4.74 Å². The van der Waals surface area contributed by atoms with Gasteiger partial charge >= 0.3 is 5.97 Å². The van der Waals surface area contributed by atoms with Gasteiger partial charge in [-0.15, -0.1) is 0 Å². The Labute approximate surface area is 115 Å². The van der Waals surface area contributed by atoms with Crippen molar-refractivity contribution in [3.05, 3.63) is 24.0 Å². The van der Waals surface area contributed by atoms with E-state index in [1.807, 2.05) is 11.0 Å². The van der Waals surface area contributed by atoms with E-state index in [1.54, 1.807) is 17.6 Å². The van der Waals surface area contributed by atoms with Gasteiger partial charge in [0.05, 0.1) is 18.9 Å². The van der Waals surface area contributed by atoms with Crippen LogP contribution in [0.5, 0.6) is 0 Å². The quantitative estimate of drug-likeness (QED) is 0.821. The Morgan fingerprint density at radius 2 is 2.45 bits per heavy atom. The van der Waals surface area contributed by atoms with Gasteiger partial charge in [-0.3, -0.25) is 0 Å². The number of anilines is 1. The molecule has 0 bridgehead atoms. The summed E-state index contributed by atoms with van der Waals surface area (Å²) in [7, 11) is 0. The minimum atomic E-state index is -0.423. The van der Waals surface area contributed by atoms with Crippen LogP contribution in [0.2, 0.25) is 0 Å². The van der Waals surface area contributed by atoms with Gasteiger partial charge in [0.2, 0.25) is 0 Å². The smallest absolute Gasteiger partial charge is 0.343 e. The zero-order chi connectivity index (χ0) is 14.1. The van der Waals surface area contributed by atoms with Crippen LogP contribution in [-0.4, -0.2) is 51.5 Å². The van der Waals surface area contributed by atoms with Crippen molar-refractivity contribution in [2.24, 2.45) is 0 Å². The predicted octanol–water partition coefficient (Wildman–Crippen LogP) is 0.477. The molecule has 7 heteroatoms. The molecule has 0 aliphatic carbocycles. The molecule has 1 aliphatic heterocycles. The number of hydrogen-bond donors (Lipinski definition) is 1. The summed E-state index contributed by atoms with van der Waals surface area (Å²) in [6.45, 7) is 3.39. The predicted molar refractivity (Wildman–Crippen MR) is 71.8 cm³/mol. The molecular weight excluding hydrogens is 260 g/mol. The second-order valence-electron chi connectivity index (χ2n) is 4.72. The van der Waals surface area contributed by atoms with E-state index in [9.17, 15) is 9.90 Å². The van der Waals surface area contributed by atoms with Crippen LogP contribution in [0.4, 0.5) is 5.82 Å². The largest absolute Gasteiger partial charge is 0.462 e. The first-order chi connectivity index (χ1) is 9.69. The summed E-state index contributed by atoms with van der Waals surface area (Å²) in [6, 6.07) is 1.83. The van der Waals surface area contributed by atoms with Gasteiger partial charge in [0.25, 0.3) is 0 Å². The number of esters is 1. The van der Waals surface area contributed by atoms with Crippen LogP contribution >= 0.6 is 0 Å². The van der Waals surface area contributed by atoms with Crippen molar-refractivity contribution < 1.29 is 14.6 Å². The molecule has 3 heterocycles. The molecular formula is C13H16N4O3. The Balaban J connectivity index is 1.96. The number of rotatable bonds is 3. The number of carbonyl (C=O) groups excluding carboxylic acids is 1. The molecule has 1 atom stereocenters. The molecule has 0 amide bonds. The van der Waals surface area contributed by atoms with E-state index < -0.39 is 5.97 Å². The highest BCUT2D eigenvalue weighted by Crippen LogP contribution is 2.20.